The Morgan fingerprint density at radius 3 is 2.67 bits per heavy atom. The zero-order valence-electron chi connectivity index (χ0n) is 9.67. The summed E-state index contributed by atoms with van der Waals surface area (Å²) in [4.78, 5) is 0. The Balaban J connectivity index is 1.79. The monoisotopic (exact) mass is 217 g/mol. The van der Waals surface area contributed by atoms with Crippen molar-refractivity contribution in [3.05, 3.63) is 0 Å². The molecule has 15 heavy (non-hydrogen) atoms. The van der Waals surface area contributed by atoms with Crippen molar-refractivity contribution in [1.82, 2.24) is 5.32 Å². The van der Waals surface area contributed by atoms with E-state index in [1.54, 1.807) is 0 Å². The highest BCUT2D eigenvalue weighted by Crippen LogP contribution is 2.09. The van der Waals surface area contributed by atoms with Crippen molar-refractivity contribution in [1.29, 1.82) is 0 Å². The lowest BCUT2D eigenvalue weighted by molar-refractivity contribution is -0.0306. The van der Waals surface area contributed by atoms with Gasteiger partial charge in [-0.2, -0.15) is 0 Å². The quantitative estimate of drug-likeness (QED) is 0.611. The highest BCUT2D eigenvalue weighted by atomic mass is 16.5. The average Bonchev–Trinajstić information content (AvgIpc) is 2.29. The molecule has 1 aliphatic rings. The van der Waals surface area contributed by atoms with Gasteiger partial charge in [-0.3, -0.25) is 0 Å². The van der Waals surface area contributed by atoms with Crippen molar-refractivity contribution in [2.24, 2.45) is 0 Å². The van der Waals surface area contributed by atoms with Gasteiger partial charge in [0.2, 0.25) is 0 Å². The van der Waals surface area contributed by atoms with E-state index in [1.165, 1.54) is 0 Å². The molecule has 1 fully saturated rings. The third-order valence-corrected chi connectivity index (χ3v) is 2.43. The maximum atomic E-state index is 5.71. The van der Waals surface area contributed by atoms with Crippen molar-refractivity contribution < 1.29 is 14.2 Å². The lowest BCUT2D eigenvalue weighted by Crippen LogP contribution is -2.29. The maximum Gasteiger partial charge on any atom is 0.0619 e. The predicted octanol–water partition coefficient (Wildman–Crippen LogP) is 0.808. The molecule has 0 unspecified atom stereocenters. The highest BCUT2D eigenvalue weighted by molar-refractivity contribution is 4.62. The maximum absolute atomic E-state index is 5.71. The molecule has 1 N–H and O–H groups in total. The van der Waals surface area contributed by atoms with E-state index >= 15 is 0 Å². The molecule has 0 spiro atoms. The van der Waals surface area contributed by atoms with E-state index < -0.39 is 0 Å². The van der Waals surface area contributed by atoms with Crippen molar-refractivity contribution >= 4 is 0 Å². The molecule has 1 heterocycles. The van der Waals surface area contributed by atoms with Gasteiger partial charge in [0.1, 0.15) is 0 Å². The summed E-state index contributed by atoms with van der Waals surface area (Å²) < 4.78 is 16.2. The van der Waals surface area contributed by atoms with Crippen molar-refractivity contribution in [2.75, 3.05) is 46.1 Å². The van der Waals surface area contributed by atoms with Crippen molar-refractivity contribution in [3.8, 4) is 0 Å². The van der Waals surface area contributed by atoms with Gasteiger partial charge in [-0.05, 0) is 19.8 Å². The van der Waals surface area contributed by atoms with Crippen LogP contribution in [0.5, 0.6) is 0 Å². The molecule has 0 amide bonds. The SMILES string of the molecule is CCOCCNCCOC1CCOCC1. The number of nitrogens with one attached hydrogen (secondary N) is 1. The van der Waals surface area contributed by atoms with Crippen LogP contribution in [0.3, 0.4) is 0 Å². The van der Waals surface area contributed by atoms with E-state index in [0.29, 0.717) is 6.10 Å². The molecule has 0 aromatic heterocycles. The lowest BCUT2D eigenvalue weighted by Gasteiger charge is -2.22. The van der Waals surface area contributed by atoms with Gasteiger partial charge in [-0.1, -0.05) is 0 Å². The molecule has 0 radical (unpaired) electrons. The Kier molecular flexibility index (Phi) is 7.83. The summed E-state index contributed by atoms with van der Waals surface area (Å²) in [6, 6.07) is 0. The number of rotatable bonds is 8. The van der Waals surface area contributed by atoms with Crippen LogP contribution in [0, 0.1) is 0 Å². The molecule has 0 aromatic carbocycles. The fourth-order valence-corrected chi connectivity index (χ4v) is 1.55. The van der Waals surface area contributed by atoms with E-state index in [1.807, 2.05) is 6.92 Å². The van der Waals surface area contributed by atoms with Crippen LogP contribution in [-0.2, 0) is 14.2 Å². The van der Waals surface area contributed by atoms with Gasteiger partial charge in [0, 0.05) is 32.9 Å². The van der Waals surface area contributed by atoms with Gasteiger partial charge in [0.05, 0.1) is 19.3 Å². The van der Waals surface area contributed by atoms with Crippen LogP contribution in [0.1, 0.15) is 19.8 Å². The number of ether oxygens (including phenoxy) is 3. The summed E-state index contributed by atoms with van der Waals surface area (Å²) >= 11 is 0. The van der Waals surface area contributed by atoms with E-state index in [-0.39, 0.29) is 0 Å². The molecular weight excluding hydrogens is 194 g/mol. The van der Waals surface area contributed by atoms with Crippen molar-refractivity contribution in [3.63, 3.8) is 0 Å². The van der Waals surface area contributed by atoms with Gasteiger partial charge in [0.25, 0.3) is 0 Å². The van der Waals surface area contributed by atoms with Crippen LogP contribution >= 0.6 is 0 Å². The Morgan fingerprint density at radius 2 is 1.93 bits per heavy atom. The van der Waals surface area contributed by atoms with E-state index in [2.05, 4.69) is 5.32 Å². The van der Waals surface area contributed by atoms with Crippen LogP contribution in [0.15, 0.2) is 0 Å². The molecule has 4 heteroatoms. The van der Waals surface area contributed by atoms with Gasteiger partial charge < -0.3 is 19.5 Å². The molecule has 0 bridgehead atoms. The molecule has 0 aromatic rings. The minimum Gasteiger partial charge on any atom is -0.381 e. The third kappa shape index (κ3) is 6.84. The molecule has 1 aliphatic heterocycles. The van der Waals surface area contributed by atoms with Gasteiger partial charge >= 0.3 is 0 Å². The normalized spacial score (nSPS) is 18.2. The topological polar surface area (TPSA) is 39.7 Å². The molecule has 4 nitrogen and oxygen atoms in total. The summed E-state index contributed by atoms with van der Waals surface area (Å²) in [6.07, 6.45) is 2.49. The van der Waals surface area contributed by atoms with Crippen LogP contribution < -0.4 is 5.32 Å². The Morgan fingerprint density at radius 1 is 1.20 bits per heavy atom. The predicted molar refractivity (Wildman–Crippen MR) is 59.2 cm³/mol. The van der Waals surface area contributed by atoms with Crippen LogP contribution in [0.2, 0.25) is 0 Å². The molecule has 0 aliphatic carbocycles. The second-order valence-electron chi connectivity index (χ2n) is 3.63. The standard InChI is InChI=1S/C11H23NO3/c1-2-13-9-5-12-6-10-15-11-3-7-14-8-4-11/h11-12H,2-10H2,1H3. The first-order chi connectivity index (χ1) is 7.43. The fraction of sp³-hybridized carbons (Fsp3) is 1.00. The minimum absolute atomic E-state index is 0.410. The lowest BCUT2D eigenvalue weighted by atomic mass is 10.2. The first kappa shape index (κ1) is 12.9. The van der Waals surface area contributed by atoms with Crippen molar-refractivity contribution in [2.45, 2.75) is 25.9 Å². The summed E-state index contributed by atoms with van der Waals surface area (Å²) in [6.45, 7) is 7.89. The zero-order valence-corrected chi connectivity index (χ0v) is 9.67. The largest absolute Gasteiger partial charge is 0.381 e. The average molecular weight is 217 g/mol. The fourth-order valence-electron chi connectivity index (χ4n) is 1.55. The van der Waals surface area contributed by atoms with Gasteiger partial charge in [-0.25, -0.2) is 0 Å². The third-order valence-electron chi connectivity index (χ3n) is 2.43. The van der Waals surface area contributed by atoms with E-state index in [9.17, 15) is 0 Å². The molecular formula is C11H23NO3. The summed E-state index contributed by atoms with van der Waals surface area (Å²) in [5.74, 6) is 0. The van der Waals surface area contributed by atoms with Crippen LogP contribution in [-0.4, -0.2) is 52.2 Å². The number of hydrogen-bond acceptors (Lipinski definition) is 4. The van der Waals surface area contributed by atoms with E-state index in [4.69, 9.17) is 14.2 Å². The minimum atomic E-state index is 0.410. The molecule has 90 valence electrons. The smallest absolute Gasteiger partial charge is 0.0619 e. The first-order valence-corrected chi connectivity index (χ1v) is 5.91. The Labute approximate surface area is 92.3 Å². The molecule has 1 rings (SSSR count). The van der Waals surface area contributed by atoms with E-state index in [0.717, 1.165) is 59.0 Å². The summed E-state index contributed by atoms with van der Waals surface area (Å²) in [5, 5.41) is 3.28. The number of hydrogen-bond donors (Lipinski definition) is 1. The second kappa shape index (κ2) is 9.09. The van der Waals surface area contributed by atoms with Crippen LogP contribution in [0.25, 0.3) is 0 Å². The molecule has 1 saturated heterocycles. The summed E-state index contributed by atoms with van der Waals surface area (Å²) in [7, 11) is 0. The second-order valence-corrected chi connectivity index (χ2v) is 3.63. The first-order valence-electron chi connectivity index (χ1n) is 5.91. The molecule has 0 saturated carbocycles. The van der Waals surface area contributed by atoms with Gasteiger partial charge in [-0.15, -0.1) is 0 Å². The van der Waals surface area contributed by atoms with Gasteiger partial charge in [0.15, 0.2) is 0 Å². The zero-order chi connectivity index (χ0) is 10.8. The Bertz CT molecular complexity index is 138. The highest BCUT2D eigenvalue weighted by Gasteiger charge is 2.13. The molecule has 0 atom stereocenters. The summed E-state index contributed by atoms with van der Waals surface area (Å²) in [5.41, 5.74) is 0. The Hall–Kier alpha value is -0.160. The van der Waals surface area contributed by atoms with Crippen LogP contribution in [0.4, 0.5) is 0 Å².